The first kappa shape index (κ1) is 18.3. The maximum absolute atomic E-state index is 12.6. The zero-order valence-corrected chi connectivity index (χ0v) is 14.3. The molecule has 24 heavy (non-hydrogen) atoms. The molecule has 6 nitrogen and oxygen atoms in total. The highest BCUT2D eigenvalue weighted by atomic mass is 16.4. The van der Waals surface area contributed by atoms with Crippen LogP contribution in [0.2, 0.25) is 0 Å². The molecule has 1 aromatic rings. The fourth-order valence-corrected chi connectivity index (χ4v) is 3.49. The van der Waals surface area contributed by atoms with Crippen molar-refractivity contribution in [1.29, 1.82) is 0 Å². The van der Waals surface area contributed by atoms with E-state index in [9.17, 15) is 14.7 Å². The van der Waals surface area contributed by atoms with Gasteiger partial charge in [-0.05, 0) is 42.9 Å². The summed E-state index contributed by atoms with van der Waals surface area (Å²) < 4.78 is 0. The molecule has 1 fully saturated rings. The van der Waals surface area contributed by atoms with Crippen LogP contribution in [0.1, 0.15) is 49.0 Å². The lowest BCUT2D eigenvalue weighted by Crippen LogP contribution is -2.54. The Labute approximate surface area is 142 Å². The Kier molecular flexibility index (Phi) is 5.83. The lowest BCUT2D eigenvalue weighted by molar-refractivity contribution is 0.0674. The van der Waals surface area contributed by atoms with Gasteiger partial charge in [0.25, 0.3) is 0 Å². The number of carbonyl (C=O) groups is 2. The van der Waals surface area contributed by atoms with Gasteiger partial charge in [-0.1, -0.05) is 26.0 Å². The number of aliphatic hydroxyl groups is 1. The van der Waals surface area contributed by atoms with E-state index in [1.54, 1.807) is 17.0 Å². The molecule has 1 aliphatic heterocycles. The number of hydrogen-bond acceptors (Lipinski definition) is 3. The minimum atomic E-state index is -0.968. The van der Waals surface area contributed by atoms with Crippen LogP contribution < -0.4 is 5.32 Å². The van der Waals surface area contributed by atoms with E-state index >= 15 is 0 Å². The van der Waals surface area contributed by atoms with Crippen LogP contribution in [0.4, 0.5) is 4.79 Å². The van der Waals surface area contributed by atoms with E-state index in [1.165, 1.54) is 12.1 Å². The molecule has 1 aromatic carbocycles. The second kappa shape index (κ2) is 7.66. The summed E-state index contributed by atoms with van der Waals surface area (Å²) in [6, 6.07) is 6.26. The molecule has 2 amide bonds. The van der Waals surface area contributed by atoms with Gasteiger partial charge < -0.3 is 20.4 Å². The largest absolute Gasteiger partial charge is 0.478 e. The number of nitrogens with one attached hydrogen (secondary N) is 1. The Hall–Kier alpha value is -2.08. The van der Waals surface area contributed by atoms with Crippen molar-refractivity contribution in [3.63, 3.8) is 0 Å². The van der Waals surface area contributed by atoms with E-state index in [1.807, 2.05) is 0 Å². The molecule has 132 valence electrons. The zero-order valence-electron chi connectivity index (χ0n) is 14.3. The Morgan fingerprint density at radius 2 is 1.96 bits per heavy atom. The highest BCUT2D eigenvalue weighted by Crippen LogP contribution is 2.34. The third kappa shape index (κ3) is 4.06. The van der Waals surface area contributed by atoms with Crippen molar-refractivity contribution in [1.82, 2.24) is 10.2 Å². The first-order chi connectivity index (χ1) is 11.4. The lowest BCUT2D eigenvalue weighted by atomic mass is 9.87. The second-order valence-corrected chi connectivity index (χ2v) is 6.90. The van der Waals surface area contributed by atoms with E-state index in [2.05, 4.69) is 19.2 Å². The van der Waals surface area contributed by atoms with E-state index < -0.39 is 11.5 Å². The molecule has 1 aliphatic rings. The highest BCUT2D eigenvalue weighted by Gasteiger charge is 2.43. The van der Waals surface area contributed by atoms with E-state index in [-0.39, 0.29) is 18.2 Å². The van der Waals surface area contributed by atoms with Gasteiger partial charge in [-0.15, -0.1) is 0 Å². The normalized spacial score (nSPS) is 20.4. The number of carboxylic acids is 1. The van der Waals surface area contributed by atoms with Crippen LogP contribution in [0, 0.1) is 5.92 Å². The summed E-state index contributed by atoms with van der Waals surface area (Å²) in [4.78, 5) is 25.2. The summed E-state index contributed by atoms with van der Waals surface area (Å²) in [6.45, 7) is 5.15. The van der Waals surface area contributed by atoms with Gasteiger partial charge in [0, 0.05) is 13.1 Å². The molecule has 1 saturated heterocycles. The van der Waals surface area contributed by atoms with Crippen molar-refractivity contribution in [2.24, 2.45) is 5.92 Å². The zero-order chi connectivity index (χ0) is 17.7. The lowest BCUT2D eigenvalue weighted by Gasteiger charge is -2.38. The Morgan fingerprint density at radius 1 is 1.29 bits per heavy atom. The average molecular weight is 334 g/mol. The fraction of sp³-hybridized carbons (Fsp3) is 0.556. The molecule has 1 atom stereocenters. The average Bonchev–Trinajstić information content (AvgIpc) is 2.96. The summed E-state index contributed by atoms with van der Waals surface area (Å²) in [5, 5.41) is 21.6. The van der Waals surface area contributed by atoms with Gasteiger partial charge in [0.1, 0.15) is 0 Å². The smallest absolute Gasteiger partial charge is 0.335 e. The molecule has 1 unspecified atom stereocenters. The van der Waals surface area contributed by atoms with Crippen molar-refractivity contribution in [3.8, 4) is 0 Å². The van der Waals surface area contributed by atoms with Crippen LogP contribution in [0.5, 0.6) is 0 Å². The molecule has 0 aliphatic carbocycles. The molecule has 1 heterocycles. The minimum Gasteiger partial charge on any atom is -0.478 e. The van der Waals surface area contributed by atoms with Crippen LogP contribution in [0.25, 0.3) is 0 Å². The first-order valence-electron chi connectivity index (χ1n) is 8.36. The molecular weight excluding hydrogens is 308 g/mol. The molecule has 0 spiro atoms. The number of aliphatic hydroxyl groups excluding tert-OH is 1. The van der Waals surface area contributed by atoms with E-state index in [0.717, 1.165) is 24.8 Å². The summed E-state index contributed by atoms with van der Waals surface area (Å²) >= 11 is 0. The van der Waals surface area contributed by atoms with Gasteiger partial charge in [0.05, 0.1) is 17.7 Å². The third-order valence-corrected chi connectivity index (χ3v) is 4.57. The SMILES string of the molecule is CC(C)CC1(CO)CCCN1C(=O)NCc1ccc(C(=O)O)cc1. The summed E-state index contributed by atoms with van der Waals surface area (Å²) in [6.07, 6.45) is 2.50. The van der Waals surface area contributed by atoms with Crippen LogP contribution in [-0.4, -0.2) is 45.8 Å². The van der Waals surface area contributed by atoms with Gasteiger partial charge in [0.2, 0.25) is 0 Å². The molecule has 0 aromatic heterocycles. The standard InChI is InChI=1S/C18H26N2O4/c1-13(2)10-18(12-21)8-3-9-20(18)17(24)19-11-14-4-6-15(7-5-14)16(22)23/h4-7,13,21H,3,8-12H2,1-2H3,(H,19,24)(H,22,23). The molecule has 6 heteroatoms. The first-order valence-corrected chi connectivity index (χ1v) is 8.36. The number of rotatable bonds is 6. The maximum atomic E-state index is 12.6. The van der Waals surface area contributed by atoms with E-state index in [0.29, 0.717) is 19.0 Å². The van der Waals surface area contributed by atoms with Crippen LogP contribution in [-0.2, 0) is 6.54 Å². The number of carboxylic acid groups (broad SMARTS) is 1. The summed E-state index contributed by atoms with van der Waals surface area (Å²) in [7, 11) is 0. The third-order valence-electron chi connectivity index (χ3n) is 4.57. The second-order valence-electron chi connectivity index (χ2n) is 6.90. The number of urea groups is 1. The van der Waals surface area contributed by atoms with Crippen molar-refractivity contribution in [3.05, 3.63) is 35.4 Å². The molecule has 0 radical (unpaired) electrons. The van der Waals surface area contributed by atoms with Gasteiger partial charge in [0.15, 0.2) is 0 Å². The fourth-order valence-electron chi connectivity index (χ4n) is 3.49. The van der Waals surface area contributed by atoms with Crippen molar-refractivity contribution >= 4 is 12.0 Å². The molecule has 2 rings (SSSR count). The quantitative estimate of drug-likeness (QED) is 0.745. The van der Waals surface area contributed by atoms with Crippen LogP contribution in [0.15, 0.2) is 24.3 Å². The number of amides is 2. The van der Waals surface area contributed by atoms with Crippen LogP contribution >= 0.6 is 0 Å². The van der Waals surface area contributed by atoms with Gasteiger partial charge in [-0.2, -0.15) is 0 Å². The van der Waals surface area contributed by atoms with Crippen molar-refractivity contribution in [2.45, 2.75) is 45.2 Å². The van der Waals surface area contributed by atoms with E-state index in [4.69, 9.17) is 5.11 Å². The van der Waals surface area contributed by atoms with Crippen LogP contribution in [0.3, 0.4) is 0 Å². The van der Waals surface area contributed by atoms with Gasteiger partial charge in [-0.25, -0.2) is 9.59 Å². The van der Waals surface area contributed by atoms with Gasteiger partial charge in [-0.3, -0.25) is 0 Å². The number of hydrogen-bond donors (Lipinski definition) is 3. The van der Waals surface area contributed by atoms with Crippen molar-refractivity contribution < 1.29 is 19.8 Å². The Balaban J connectivity index is 1.99. The Bertz CT molecular complexity index is 585. The number of carbonyl (C=O) groups excluding carboxylic acids is 1. The molecule has 0 bridgehead atoms. The number of benzene rings is 1. The minimum absolute atomic E-state index is 0.0219. The monoisotopic (exact) mass is 334 g/mol. The molecule has 3 N–H and O–H groups in total. The number of aromatic carboxylic acids is 1. The van der Waals surface area contributed by atoms with Crippen molar-refractivity contribution in [2.75, 3.05) is 13.2 Å². The highest BCUT2D eigenvalue weighted by molar-refractivity contribution is 5.87. The molecular formula is C18H26N2O4. The number of likely N-dealkylation sites (tertiary alicyclic amines) is 1. The Morgan fingerprint density at radius 3 is 2.50 bits per heavy atom. The summed E-state index contributed by atoms with van der Waals surface area (Å²) in [5.41, 5.74) is 0.595. The predicted molar refractivity (Wildman–Crippen MR) is 90.8 cm³/mol. The predicted octanol–water partition coefficient (Wildman–Crippen LogP) is 2.47. The summed E-state index contributed by atoms with van der Waals surface area (Å²) in [5.74, 6) is -0.571. The topological polar surface area (TPSA) is 89.9 Å². The molecule has 0 saturated carbocycles. The maximum Gasteiger partial charge on any atom is 0.335 e. The number of nitrogens with zero attached hydrogens (tertiary/aromatic N) is 1. The van der Waals surface area contributed by atoms with Gasteiger partial charge >= 0.3 is 12.0 Å².